The van der Waals surface area contributed by atoms with Gasteiger partial charge in [0.1, 0.15) is 4.90 Å². The molecule has 0 amide bonds. The topological polar surface area (TPSA) is 131 Å². The number of hydrogen-bond acceptors (Lipinski definition) is 7. The Morgan fingerprint density at radius 3 is 2.23 bits per heavy atom. The van der Waals surface area contributed by atoms with Gasteiger partial charge in [0, 0.05) is 22.8 Å². The van der Waals surface area contributed by atoms with Gasteiger partial charge >= 0.3 is 0 Å². The summed E-state index contributed by atoms with van der Waals surface area (Å²) in [6.45, 7) is 3.38. The monoisotopic (exact) mass is 458 g/mol. The van der Waals surface area contributed by atoms with Crippen LogP contribution in [0, 0.1) is 13.8 Å². The van der Waals surface area contributed by atoms with E-state index in [1.54, 1.807) is 38.1 Å². The molecule has 0 atom stereocenters. The van der Waals surface area contributed by atoms with Crippen LogP contribution in [0.3, 0.4) is 0 Å². The quantitative estimate of drug-likeness (QED) is 0.452. The van der Waals surface area contributed by atoms with Crippen molar-refractivity contribution in [2.75, 3.05) is 9.44 Å². The van der Waals surface area contributed by atoms with Gasteiger partial charge in [0.25, 0.3) is 20.0 Å². The second-order valence-corrected chi connectivity index (χ2v) is 10.1. The standard InChI is InChI=1S/C20H18N4O5S2/c1-13-14(2)22-29-20(13)24-30(25,26)17-10-8-16(9-11-17)23-31(27,28)18-7-3-5-15-6-4-12-21-19(15)18/h3-12,23-24H,1-2H3. The van der Waals surface area contributed by atoms with Crippen molar-refractivity contribution in [2.45, 2.75) is 23.6 Å². The van der Waals surface area contributed by atoms with Crippen LogP contribution >= 0.6 is 0 Å². The van der Waals surface area contributed by atoms with Gasteiger partial charge in [-0.1, -0.05) is 23.4 Å². The maximum absolute atomic E-state index is 12.9. The van der Waals surface area contributed by atoms with Crippen molar-refractivity contribution in [3.8, 4) is 0 Å². The molecule has 0 radical (unpaired) electrons. The molecule has 0 saturated carbocycles. The molecule has 2 heterocycles. The van der Waals surface area contributed by atoms with Crippen molar-refractivity contribution in [1.29, 1.82) is 0 Å². The molecule has 4 rings (SSSR count). The van der Waals surface area contributed by atoms with Crippen LogP contribution in [0.15, 0.2) is 75.1 Å². The molecule has 0 spiro atoms. The smallest absolute Gasteiger partial charge is 0.264 e. The second-order valence-electron chi connectivity index (χ2n) is 6.79. The molecule has 0 aliphatic carbocycles. The fraction of sp³-hybridized carbons (Fsp3) is 0.100. The number of anilines is 2. The van der Waals surface area contributed by atoms with Crippen molar-refractivity contribution < 1.29 is 21.4 Å². The van der Waals surface area contributed by atoms with E-state index in [-0.39, 0.29) is 21.4 Å². The summed E-state index contributed by atoms with van der Waals surface area (Å²) in [7, 11) is -7.88. The van der Waals surface area contributed by atoms with Gasteiger partial charge < -0.3 is 4.52 Å². The number of pyridine rings is 1. The predicted molar refractivity (Wildman–Crippen MR) is 116 cm³/mol. The zero-order valence-electron chi connectivity index (χ0n) is 16.5. The third kappa shape index (κ3) is 4.09. The van der Waals surface area contributed by atoms with Crippen LogP contribution in [0.2, 0.25) is 0 Å². The molecule has 0 fully saturated rings. The molecular weight excluding hydrogens is 440 g/mol. The van der Waals surface area contributed by atoms with E-state index in [0.717, 1.165) is 0 Å². The van der Waals surface area contributed by atoms with Gasteiger partial charge in [-0.15, -0.1) is 0 Å². The normalized spacial score (nSPS) is 12.1. The van der Waals surface area contributed by atoms with E-state index in [9.17, 15) is 16.8 Å². The van der Waals surface area contributed by atoms with Crippen molar-refractivity contribution >= 4 is 42.5 Å². The zero-order chi connectivity index (χ0) is 22.2. The lowest BCUT2D eigenvalue weighted by molar-refractivity contribution is 0.430. The van der Waals surface area contributed by atoms with Gasteiger partial charge in [-0.3, -0.25) is 9.71 Å². The van der Waals surface area contributed by atoms with Gasteiger partial charge in [0.15, 0.2) is 0 Å². The van der Waals surface area contributed by atoms with E-state index < -0.39 is 20.0 Å². The summed E-state index contributed by atoms with van der Waals surface area (Å²) in [6.07, 6.45) is 1.52. The first-order valence-electron chi connectivity index (χ1n) is 9.10. The molecule has 0 aliphatic heterocycles. The number of fused-ring (bicyclic) bond motifs is 1. The Balaban J connectivity index is 1.59. The molecule has 2 aromatic carbocycles. The lowest BCUT2D eigenvalue weighted by atomic mass is 10.2. The zero-order valence-corrected chi connectivity index (χ0v) is 18.2. The Bertz CT molecular complexity index is 1470. The maximum Gasteiger partial charge on any atom is 0.264 e. The number of nitrogens with one attached hydrogen (secondary N) is 2. The Morgan fingerprint density at radius 1 is 0.839 bits per heavy atom. The van der Waals surface area contributed by atoms with E-state index >= 15 is 0 Å². The molecule has 0 unspecified atom stereocenters. The molecule has 2 N–H and O–H groups in total. The van der Waals surface area contributed by atoms with Gasteiger partial charge in [0.05, 0.1) is 16.1 Å². The van der Waals surface area contributed by atoms with E-state index in [1.807, 2.05) is 0 Å². The summed E-state index contributed by atoms with van der Waals surface area (Å²) in [4.78, 5) is 4.13. The Kier molecular flexibility index (Phi) is 5.15. The van der Waals surface area contributed by atoms with Crippen LogP contribution in [0.5, 0.6) is 0 Å². The molecule has 160 valence electrons. The molecule has 9 nitrogen and oxygen atoms in total. The third-order valence-corrected chi connectivity index (χ3v) is 7.45. The number of rotatable bonds is 6. The average molecular weight is 459 g/mol. The molecule has 0 bridgehead atoms. The minimum atomic E-state index is -3.94. The Labute approximate surface area is 179 Å². The number of sulfonamides is 2. The predicted octanol–water partition coefficient (Wildman–Crippen LogP) is 3.44. The van der Waals surface area contributed by atoms with Crippen LogP contribution in [0.25, 0.3) is 10.9 Å². The molecule has 4 aromatic rings. The van der Waals surface area contributed by atoms with Gasteiger partial charge in [-0.05, 0) is 50.2 Å². The average Bonchev–Trinajstić information content (AvgIpc) is 3.05. The van der Waals surface area contributed by atoms with E-state index in [1.165, 1.54) is 36.5 Å². The number of nitrogens with zero attached hydrogens (tertiary/aromatic N) is 2. The van der Waals surface area contributed by atoms with Crippen LogP contribution in [-0.4, -0.2) is 27.0 Å². The summed E-state index contributed by atoms with van der Waals surface area (Å²) < 4.78 is 60.7. The van der Waals surface area contributed by atoms with Gasteiger partial charge in [0.2, 0.25) is 5.88 Å². The minimum absolute atomic E-state index is 0.0279. The largest absolute Gasteiger partial charge is 0.337 e. The summed E-state index contributed by atoms with van der Waals surface area (Å²) in [5.41, 5.74) is 1.71. The van der Waals surface area contributed by atoms with E-state index in [4.69, 9.17) is 4.52 Å². The summed E-state index contributed by atoms with van der Waals surface area (Å²) in [5, 5.41) is 4.41. The van der Waals surface area contributed by atoms with Gasteiger partial charge in [-0.25, -0.2) is 21.6 Å². The summed E-state index contributed by atoms with van der Waals surface area (Å²) in [6, 6.07) is 13.7. The fourth-order valence-corrected chi connectivity index (χ4v) is 5.18. The first-order chi connectivity index (χ1) is 14.7. The highest BCUT2D eigenvalue weighted by Gasteiger charge is 2.21. The van der Waals surface area contributed by atoms with Crippen LogP contribution in [0.1, 0.15) is 11.3 Å². The number of aryl methyl sites for hydroxylation is 1. The number of benzene rings is 2. The van der Waals surface area contributed by atoms with E-state index in [0.29, 0.717) is 22.2 Å². The molecule has 0 saturated heterocycles. The Hall–Kier alpha value is -3.44. The molecule has 11 heteroatoms. The first kappa shape index (κ1) is 20.8. The molecule has 2 aromatic heterocycles. The highest BCUT2D eigenvalue weighted by molar-refractivity contribution is 7.93. The molecular formula is C20H18N4O5S2. The van der Waals surface area contributed by atoms with Gasteiger partial charge in [-0.2, -0.15) is 0 Å². The van der Waals surface area contributed by atoms with Crippen molar-refractivity contribution in [1.82, 2.24) is 10.1 Å². The summed E-state index contributed by atoms with van der Waals surface area (Å²) in [5.74, 6) is 0.0331. The number of hydrogen-bond donors (Lipinski definition) is 2. The minimum Gasteiger partial charge on any atom is -0.337 e. The van der Waals surface area contributed by atoms with Crippen molar-refractivity contribution in [3.05, 3.63) is 72.1 Å². The first-order valence-corrected chi connectivity index (χ1v) is 12.1. The number of aromatic nitrogens is 2. The fourth-order valence-electron chi connectivity index (χ4n) is 2.90. The lowest BCUT2D eigenvalue weighted by Crippen LogP contribution is -2.15. The third-order valence-electron chi connectivity index (χ3n) is 4.69. The highest BCUT2D eigenvalue weighted by atomic mass is 32.2. The van der Waals surface area contributed by atoms with Crippen molar-refractivity contribution in [3.63, 3.8) is 0 Å². The lowest BCUT2D eigenvalue weighted by Gasteiger charge is -2.11. The van der Waals surface area contributed by atoms with Crippen LogP contribution in [0.4, 0.5) is 11.6 Å². The van der Waals surface area contributed by atoms with E-state index in [2.05, 4.69) is 19.6 Å². The second kappa shape index (κ2) is 7.67. The van der Waals surface area contributed by atoms with Crippen molar-refractivity contribution in [2.24, 2.45) is 0 Å². The van der Waals surface area contributed by atoms with Crippen LogP contribution in [-0.2, 0) is 20.0 Å². The molecule has 0 aliphatic rings. The number of para-hydroxylation sites is 1. The highest BCUT2D eigenvalue weighted by Crippen LogP contribution is 2.25. The Morgan fingerprint density at radius 2 is 1.55 bits per heavy atom. The molecule has 31 heavy (non-hydrogen) atoms. The summed E-state index contributed by atoms with van der Waals surface area (Å²) >= 11 is 0. The SMILES string of the molecule is Cc1noc(NS(=O)(=O)c2ccc(NS(=O)(=O)c3cccc4cccnc34)cc2)c1C. The maximum atomic E-state index is 12.9. The van der Waals surface area contributed by atoms with Crippen LogP contribution < -0.4 is 9.44 Å².